The molecule has 3 N–H and O–H groups in total. The van der Waals surface area contributed by atoms with Gasteiger partial charge < -0.3 is 20.7 Å². The smallest absolute Gasteiger partial charge is 0.272 e. The number of fused-ring (bicyclic) bond motifs is 1. The fourth-order valence-corrected chi connectivity index (χ4v) is 5.84. The highest BCUT2D eigenvalue weighted by Gasteiger charge is 2.16. The molecule has 4 aromatic carbocycles. The van der Waals surface area contributed by atoms with Crippen LogP contribution in [0.25, 0.3) is 16.3 Å². The first-order valence-corrected chi connectivity index (χ1v) is 15.8. The Morgan fingerprint density at radius 3 is 2.50 bits per heavy atom. The number of halogens is 1. The second-order valence-corrected chi connectivity index (χ2v) is 11.8. The van der Waals surface area contributed by atoms with Crippen LogP contribution in [-0.4, -0.2) is 35.1 Å². The lowest BCUT2D eigenvalue weighted by Gasteiger charge is -2.12. The van der Waals surface area contributed by atoms with Crippen LogP contribution in [-0.2, 0) is 9.59 Å². The molecule has 0 radical (unpaired) electrons. The number of hydrogen-bond acceptors (Lipinski definition) is 7. The van der Waals surface area contributed by atoms with Crippen LogP contribution in [0, 0.1) is 0 Å². The SMILES string of the molecule is CCOc1ccc2nc(NC(=O)CSc3cccc(NC(=O)/C(=C/c4ccc(Cl)cc4)NC(=O)c4ccccc4)c3)sc2c1. The summed E-state index contributed by atoms with van der Waals surface area (Å²) in [6.07, 6.45) is 1.58. The number of hydrogen-bond donors (Lipinski definition) is 3. The molecule has 0 saturated heterocycles. The van der Waals surface area contributed by atoms with Crippen molar-refractivity contribution >= 4 is 79.5 Å². The lowest BCUT2D eigenvalue weighted by atomic mass is 10.1. The number of rotatable bonds is 11. The van der Waals surface area contributed by atoms with Crippen LogP contribution in [0.15, 0.2) is 108 Å². The molecule has 0 aliphatic heterocycles. The highest BCUT2D eigenvalue weighted by molar-refractivity contribution is 8.00. The van der Waals surface area contributed by atoms with Gasteiger partial charge in [-0.1, -0.05) is 59.3 Å². The van der Waals surface area contributed by atoms with Gasteiger partial charge in [0.05, 0.1) is 22.6 Å². The van der Waals surface area contributed by atoms with Gasteiger partial charge in [0.2, 0.25) is 5.91 Å². The van der Waals surface area contributed by atoms with Gasteiger partial charge >= 0.3 is 0 Å². The summed E-state index contributed by atoms with van der Waals surface area (Å²) in [4.78, 5) is 44.2. The molecule has 3 amide bonds. The minimum absolute atomic E-state index is 0.0582. The quantitative estimate of drug-likeness (QED) is 0.102. The van der Waals surface area contributed by atoms with Crippen LogP contribution in [0.5, 0.6) is 5.75 Å². The lowest BCUT2D eigenvalue weighted by molar-refractivity contribution is -0.114. The third-order valence-electron chi connectivity index (χ3n) is 6.09. The van der Waals surface area contributed by atoms with E-state index in [2.05, 4.69) is 20.9 Å². The second-order valence-electron chi connectivity index (χ2n) is 9.33. The lowest BCUT2D eigenvalue weighted by Crippen LogP contribution is -2.30. The van der Waals surface area contributed by atoms with Crippen molar-refractivity contribution in [3.8, 4) is 5.75 Å². The summed E-state index contributed by atoms with van der Waals surface area (Å²) in [5.74, 6) is -0.223. The minimum Gasteiger partial charge on any atom is -0.494 e. The number of anilines is 2. The van der Waals surface area contributed by atoms with Crippen molar-refractivity contribution in [1.29, 1.82) is 0 Å². The first kappa shape index (κ1) is 30.8. The van der Waals surface area contributed by atoms with Gasteiger partial charge in [0.1, 0.15) is 11.4 Å². The van der Waals surface area contributed by atoms with Gasteiger partial charge in [-0.25, -0.2) is 4.98 Å². The zero-order valence-corrected chi connectivity index (χ0v) is 25.9. The van der Waals surface area contributed by atoms with E-state index in [9.17, 15) is 14.4 Å². The van der Waals surface area contributed by atoms with Crippen molar-refractivity contribution < 1.29 is 19.1 Å². The molecular formula is C33H27ClN4O4S2. The van der Waals surface area contributed by atoms with E-state index in [1.165, 1.54) is 23.1 Å². The molecule has 44 heavy (non-hydrogen) atoms. The zero-order chi connectivity index (χ0) is 30.9. The van der Waals surface area contributed by atoms with Crippen LogP contribution in [0.2, 0.25) is 5.02 Å². The van der Waals surface area contributed by atoms with Gasteiger partial charge in [-0.2, -0.15) is 0 Å². The van der Waals surface area contributed by atoms with Gasteiger partial charge in [0.15, 0.2) is 5.13 Å². The van der Waals surface area contributed by atoms with Gasteiger partial charge in [-0.3, -0.25) is 14.4 Å². The van der Waals surface area contributed by atoms with E-state index in [1.54, 1.807) is 72.8 Å². The topological polar surface area (TPSA) is 109 Å². The van der Waals surface area contributed by atoms with E-state index >= 15 is 0 Å². The average Bonchev–Trinajstić information content (AvgIpc) is 3.43. The maximum atomic E-state index is 13.4. The van der Waals surface area contributed by atoms with E-state index < -0.39 is 11.8 Å². The average molecular weight is 643 g/mol. The number of thiazole rings is 1. The summed E-state index contributed by atoms with van der Waals surface area (Å²) in [5, 5.41) is 9.49. The summed E-state index contributed by atoms with van der Waals surface area (Å²) >= 11 is 8.71. The van der Waals surface area contributed by atoms with Crippen molar-refractivity contribution in [2.24, 2.45) is 0 Å². The van der Waals surface area contributed by atoms with Crippen molar-refractivity contribution in [1.82, 2.24) is 10.3 Å². The Kier molecular flexibility index (Phi) is 10.3. The summed E-state index contributed by atoms with van der Waals surface area (Å²) in [6.45, 7) is 2.50. The molecule has 0 atom stereocenters. The Morgan fingerprint density at radius 1 is 0.932 bits per heavy atom. The van der Waals surface area contributed by atoms with E-state index in [-0.39, 0.29) is 17.4 Å². The molecule has 1 aromatic heterocycles. The molecule has 0 fully saturated rings. The predicted octanol–water partition coefficient (Wildman–Crippen LogP) is 7.49. The Morgan fingerprint density at radius 2 is 1.73 bits per heavy atom. The molecule has 0 bridgehead atoms. The van der Waals surface area contributed by atoms with Crippen LogP contribution in [0.3, 0.4) is 0 Å². The van der Waals surface area contributed by atoms with Crippen LogP contribution >= 0.6 is 34.7 Å². The van der Waals surface area contributed by atoms with E-state index in [0.717, 1.165) is 20.9 Å². The molecular weight excluding hydrogens is 616 g/mol. The normalized spacial score (nSPS) is 11.2. The number of benzene rings is 4. The molecule has 0 saturated carbocycles. The number of carbonyl (C=O) groups excluding carboxylic acids is 3. The van der Waals surface area contributed by atoms with Gasteiger partial charge in [0, 0.05) is 21.2 Å². The first-order valence-electron chi connectivity index (χ1n) is 13.6. The fourth-order valence-electron chi connectivity index (χ4n) is 4.05. The largest absolute Gasteiger partial charge is 0.494 e. The molecule has 222 valence electrons. The summed E-state index contributed by atoms with van der Waals surface area (Å²) in [5.41, 5.74) is 2.45. The third-order valence-corrected chi connectivity index (χ3v) is 8.27. The number of nitrogens with one attached hydrogen (secondary N) is 3. The molecule has 5 rings (SSSR count). The van der Waals surface area contributed by atoms with Crippen LogP contribution in [0.4, 0.5) is 10.8 Å². The number of amides is 3. The standard InChI is InChI=1S/C33H27ClN4O4S2/c1-2-42-25-15-16-27-29(19-25)44-33(37-27)38-30(39)20-43-26-10-6-9-24(18-26)35-32(41)28(17-21-11-13-23(34)14-12-21)36-31(40)22-7-4-3-5-8-22/h3-19H,2,20H2,1H3,(H,35,41)(H,36,40)(H,37,38,39)/b28-17-. The van der Waals surface area contributed by atoms with E-state index in [4.69, 9.17) is 16.3 Å². The minimum atomic E-state index is -0.507. The van der Waals surface area contributed by atoms with E-state index in [0.29, 0.717) is 33.6 Å². The van der Waals surface area contributed by atoms with E-state index in [1.807, 2.05) is 37.3 Å². The highest BCUT2D eigenvalue weighted by Crippen LogP contribution is 2.30. The highest BCUT2D eigenvalue weighted by atomic mass is 35.5. The number of thioether (sulfide) groups is 1. The molecule has 1 heterocycles. The molecule has 0 unspecified atom stereocenters. The summed E-state index contributed by atoms with van der Waals surface area (Å²) in [6, 6.07) is 28.3. The Bertz CT molecular complexity index is 1830. The third kappa shape index (κ3) is 8.47. The monoisotopic (exact) mass is 642 g/mol. The molecule has 11 heteroatoms. The second kappa shape index (κ2) is 14.7. The van der Waals surface area contributed by atoms with Gasteiger partial charge in [-0.05, 0) is 79.2 Å². The van der Waals surface area contributed by atoms with Crippen molar-refractivity contribution in [2.75, 3.05) is 23.0 Å². The maximum Gasteiger partial charge on any atom is 0.272 e. The maximum absolute atomic E-state index is 13.4. The molecule has 0 aliphatic carbocycles. The van der Waals surface area contributed by atoms with Crippen molar-refractivity contribution in [2.45, 2.75) is 11.8 Å². The Hall–Kier alpha value is -4.64. The van der Waals surface area contributed by atoms with Crippen molar-refractivity contribution in [3.63, 3.8) is 0 Å². The van der Waals surface area contributed by atoms with Gasteiger partial charge in [0.25, 0.3) is 11.8 Å². The summed E-state index contributed by atoms with van der Waals surface area (Å²) < 4.78 is 6.46. The van der Waals surface area contributed by atoms with Crippen LogP contribution < -0.4 is 20.7 Å². The Labute approximate surface area is 267 Å². The van der Waals surface area contributed by atoms with Crippen LogP contribution in [0.1, 0.15) is 22.8 Å². The predicted molar refractivity (Wildman–Crippen MR) is 179 cm³/mol. The molecule has 0 aliphatic rings. The number of ether oxygens (including phenoxy) is 1. The molecule has 0 spiro atoms. The molecule has 5 aromatic rings. The zero-order valence-electron chi connectivity index (χ0n) is 23.5. The number of aromatic nitrogens is 1. The van der Waals surface area contributed by atoms with Crippen molar-refractivity contribution in [3.05, 3.63) is 119 Å². The fraction of sp³-hybridized carbons (Fsp3) is 0.0909. The first-order chi connectivity index (χ1) is 21.4. The number of nitrogens with zero attached hydrogens (tertiary/aromatic N) is 1. The summed E-state index contributed by atoms with van der Waals surface area (Å²) in [7, 11) is 0. The number of carbonyl (C=O) groups is 3. The van der Waals surface area contributed by atoms with Gasteiger partial charge in [-0.15, -0.1) is 11.8 Å². The Balaban J connectivity index is 1.23. The molecule has 8 nitrogen and oxygen atoms in total.